The van der Waals surface area contributed by atoms with Gasteiger partial charge in [0, 0.05) is 48.6 Å². The Morgan fingerprint density at radius 2 is 1.68 bits per heavy atom. The Hall–Kier alpha value is -3.74. The summed E-state index contributed by atoms with van der Waals surface area (Å²) in [5.41, 5.74) is 3.91. The fourth-order valence-electron chi connectivity index (χ4n) is 4.87. The molecule has 0 bridgehead atoms. The molecule has 5 rings (SSSR count). The van der Waals surface area contributed by atoms with Gasteiger partial charge in [-0.1, -0.05) is 38.1 Å². The summed E-state index contributed by atoms with van der Waals surface area (Å²) in [5, 5.41) is 2.67. The van der Waals surface area contributed by atoms with Crippen LogP contribution in [0.4, 0.5) is 11.6 Å². The number of hydrogen-bond acceptors (Lipinski definition) is 6. The van der Waals surface area contributed by atoms with E-state index in [0.29, 0.717) is 37.6 Å². The molecule has 1 aliphatic carbocycles. The largest absolute Gasteiger partial charge is 0.487 e. The van der Waals surface area contributed by atoms with Gasteiger partial charge in [-0.3, -0.25) is 9.59 Å². The van der Waals surface area contributed by atoms with Gasteiger partial charge in [0.05, 0.1) is 5.69 Å². The number of anilines is 2. The maximum atomic E-state index is 11.3. The maximum absolute atomic E-state index is 11.3. The fourth-order valence-corrected chi connectivity index (χ4v) is 4.87. The first-order valence-corrected chi connectivity index (χ1v) is 11.5. The van der Waals surface area contributed by atoms with Crippen LogP contribution in [0.5, 0.6) is 5.75 Å². The lowest BCUT2D eigenvalue weighted by molar-refractivity contribution is -0.134. The van der Waals surface area contributed by atoms with Gasteiger partial charge in [0.25, 0.3) is 0 Å². The molecular weight excluding hydrogens is 428 g/mol. The summed E-state index contributed by atoms with van der Waals surface area (Å²) >= 11 is 0. The van der Waals surface area contributed by atoms with Crippen molar-refractivity contribution in [3.63, 3.8) is 0 Å². The third-order valence-electron chi connectivity index (χ3n) is 6.98. The monoisotopic (exact) mass is 456 g/mol. The van der Waals surface area contributed by atoms with Crippen molar-refractivity contribution in [2.24, 2.45) is 5.41 Å². The Morgan fingerprint density at radius 3 is 2.29 bits per heavy atom. The van der Waals surface area contributed by atoms with Crippen LogP contribution in [0.2, 0.25) is 0 Å². The van der Waals surface area contributed by atoms with Crippen molar-refractivity contribution in [2.45, 2.75) is 38.7 Å². The van der Waals surface area contributed by atoms with E-state index in [1.54, 1.807) is 6.20 Å². The maximum Gasteiger partial charge on any atom is 0.225 e. The third-order valence-corrected chi connectivity index (χ3v) is 6.98. The molecule has 1 aliphatic heterocycles. The minimum absolute atomic E-state index is 0.177. The van der Waals surface area contributed by atoms with E-state index in [1.807, 2.05) is 42.5 Å². The second-order valence-corrected chi connectivity index (χ2v) is 9.87. The van der Waals surface area contributed by atoms with Gasteiger partial charge >= 0.3 is 0 Å². The predicted octanol–water partition coefficient (Wildman–Crippen LogP) is 4.12. The molecule has 1 spiro atoms. The molecule has 2 fully saturated rings. The number of nitrogens with one attached hydrogen (secondary N) is 1. The van der Waals surface area contributed by atoms with Crippen LogP contribution in [-0.4, -0.2) is 35.3 Å². The van der Waals surface area contributed by atoms with Gasteiger partial charge < -0.3 is 15.0 Å². The first-order chi connectivity index (χ1) is 16.4. The number of hydrogen-bond donors (Lipinski definition) is 1. The SMILES string of the molecule is CC(C)(c1ccc(NC=O)cc1)c1ccc(OCc2ccnc(N3CC4(CC(=O)C4)C3)n2)cc1. The fraction of sp³-hybridized carbons (Fsp3) is 0.333. The van der Waals surface area contributed by atoms with E-state index in [-0.39, 0.29) is 10.8 Å². The van der Waals surface area contributed by atoms with Crippen LogP contribution < -0.4 is 15.0 Å². The van der Waals surface area contributed by atoms with Crippen LogP contribution in [0.3, 0.4) is 0 Å². The molecule has 7 nitrogen and oxygen atoms in total. The number of benzene rings is 2. The summed E-state index contributed by atoms with van der Waals surface area (Å²) in [5.74, 6) is 1.85. The zero-order valence-electron chi connectivity index (χ0n) is 19.5. The topological polar surface area (TPSA) is 84.4 Å². The average Bonchev–Trinajstić information content (AvgIpc) is 2.80. The van der Waals surface area contributed by atoms with Crippen LogP contribution in [-0.2, 0) is 21.6 Å². The molecule has 2 aromatic carbocycles. The Balaban J connectivity index is 1.19. The van der Waals surface area contributed by atoms with Gasteiger partial charge in [-0.05, 0) is 41.5 Å². The molecule has 174 valence electrons. The molecule has 1 saturated carbocycles. The number of Topliss-reactive ketones (excluding diaryl/α,β-unsaturated/α-hetero) is 1. The van der Waals surface area contributed by atoms with Gasteiger partial charge in [0.1, 0.15) is 18.1 Å². The number of amides is 1. The molecule has 0 unspecified atom stereocenters. The number of ketones is 1. The van der Waals surface area contributed by atoms with Gasteiger partial charge in [0.15, 0.2) is 0 Å². The lowest BCUT2D eigenvalue weighted by Crippen LogP contribution is -2.63. The van der Waals surface area contributed by atoms with Crippen molar-refractivity contribution in [2.75, 3.05) is 23.3 Å². The van der Waals surface area contributed by atoms with Gasteiger partial charge in [-0.25, -0.2) is 9.97 Å². The molecule has 1 N–H and O–H groups in total. The van der Waals surface area contributed by atoms with E-state index in [1.165, 1.54) is 5.56 Å². The molecule has 34 heavy (non-hydrogen) atoms. The molecule has 1 amide bonds. The standard InChI is InChI=1S/C27H28N4O3/c1-26(2,19-3-7-21(8-4-19)29-18-32)20-5-9-24(10-6-20)34-15-22-11-12-28-25(30-22)31-16-27(17-31)13-23(33)14-27/h3-12,18H,13-17H2,1-2H3,(H,29,32). The van der Waals surface area contributed by atoms with E-state index in [2.05, 4.69) is 46.2 Å². The summed E-state index contributed by atoms with van der Waals surface area (Å²) < 4.78 is 5.99. The smallest absolute Gasteiger partial charge is 0.225 e. The molecular formula is C27H28N4O3. The van der Waals surface area contributed by atoms with Crippen LogP contribution in [0.25, 0.3) is 0 Å². The third kappa shape index (κ3) is 4.25. The van der Waals surface area contributed by atoms with Crippen LogP contribution in [0, 0.1) is 5.41 Å². The van der Waals surface area contributed by atoms with Crippen molar-refractivity contribution in [1.29, 1.82) is 0 Å². The predicted molar refractivity (Wildman–Crippen MR) is 130 cm³/mol. The summed E-state index contributed by atoms with van der Waals surface area (Å²) in [4.78, 5) is 33.1. The highest BCUT2D eigenvalue weighted by Crippen LogP contribution is 2.46. The van der Waals surface area contributed by atoms with Crippen LogP contribution in [0.1, 0.15) is 43.5 Å². The Labute approximate surface area is 199 Å². The van der Waals surface area contributed by atoms with E-state index < -0.39 is 0 Å². The molecule has 2 heterocycles. The number of carbonyl (C=O) groups excluding carboxylic acids is 2. The second-order valence-electron chi connectivity index (χ2n) is 9.87. The highest BCUT2D eigenvalue weighted by atomic mass is 16.5. The molecule has 0 radical (unpaired) electrons. The highest BCUT2D eigenvalue weighted by molar-refractivity contribution is 5.87. The van der Waals surface area contributed by atoms with Gasteiger partial charge in [-0.2, -0.15) is 0 Å². The summed E-state index contributed by atoms with van der Waals surface area (Å²) in [6.07, 6.45) is 3.84. The number of aromatic nitrogens is 2. The van der Waals surface area contributed by atoms with Crippen molar-refractivity contribution in [3.8, 4) is 5.75 Å². The average molecular weight is 457 g/mol. The van der Waals surface area contributed by atoms with Gasteiger partial charge in [0.2, 0.25) is 12.4 Å². The quantitative estimate of drug-likeness (QED) is 0.514. The molecule has 7 heteroatoms. The Morgan fingerprint density at radius 1 is 1.03 bits per heavy atom. The number of rotatable bonds is 8. The molecule has 3 aromatic rings. The lowest BCUT2D eigenvalue weighted by Gasteiger charge is -2.54. The van der Waals surface area contributed by atoms with Crippen molar-refractivity contribution in [1.82, 2.24) is 9.97 Å². The van der Waals surface area contributed by atoms with Gasteiger partial charge in [-0.15, -0.1) is 0 Å². The number of nitrogens with zero attached hydrogens (tertiary/aromatic N) is 3. The van der Waals surface area contributed by atoms with Crippen LogP contribution >= 0.6 is 0 Å². The van der Waals surface area contributed by atoms with E-state index in [9.17, 15) is 9.59 Å². The van der Waals surface area contributed by atoms with Crippen molar-refractivity contribution in [3.05, 3.63) is 77.6 Å². The summed E-state index contributed by atoms with van der Waals surface area (Å²) in [6, 6.07) is 17.9. The first kappa shape index (κ1) is 22.1. The molecule has 1 saturated heterocycles. The molecule has 1 aromatic heterocycles. The second kappa shape index (κ2) is 8.56. The number of carbonyl (C=O) groups is 2. The Bertz CT molecular complexity index is 1190. The summed E-state index contributed by atoms with van der Waals surface area (Å²) in [7, 11) is 0. The first-order valence-electron chi connectivity index (χ1n) is 11.5. The van der Waals surface area contributed by atoms with Crippen molar-refractivity contribution < 1.29 is 14.3 Å². The zero-order valence-corrected chi connectivity index (χ0v) is 19.5. The van der Waals surface area contributed by atoms with E-state index in [0.717, 1.165) is 35.8 Å². The summed E-state index contributed by atoms with van der Waals surface area (Å²) in [6.45, 7) is 6.42. The lowest BCUT2D eigenvalue weighted by atomic mass is 9.63. The molecule has 0 atom stereocenters. The van der Waals surface area contributed by atoms with E-state index >= 15 is 0 Å². The number of ether oxygens (including phenoxy) is 1. The van der Waals surface area contributed by atoms with Crippen LogP contribution in [0.15, 0.2) is 60.8 Å². The highest BCUT2D eigenvalue weighted by Gasteiger charge is 2.52. The van der Waals surface area contributed by atoms with Crippen molar-refractivity contribution >= 4 is 23.8 Å². The minimum atomic E-state index is -0.195. The van der Waals surface area contributed by atoms with E-state index in [4.69, 9.17) is 4.74 Å². The normalized spacial score (nSPS) is 16.5. The molecule has 2 aliphatic rings. The minimum Gasteiger partial charge on any atom is -0.487 e. The zero-order chi connectivity index (χ0) is 23.8. The Kier molecular flexibility index (Phi) is 5.55.